The number of carboxylic acid groups (broad SMARTS) is 1. The number of aliphatic carboxylic acids is 1. The van der Waals surface area contributed by atoms with E-state index in [0.29, 0.717) is 6.54 Å². The zero-order valence-electron chi connectivity index (χ0n) is 9.90. The maximum atomic E-state index is 12.1. The molecule has 1 aliphatic heterocycles. The van der Waals surface area contributed by atoms with E-state index >= 15 is 0 Å². The molecular weight excluding hydrogens is 208 g/mol. The van der Waals surface area contributed by atoms with Crippen LogP contribution in [0.5, 0.6) is 0 Å². The van der Waals surface area contributed by atoms with Crippen LogP contribution in [0, 0.1) is 5.92 Å². The maximum Gasteiger partial charge on any atom is 0.323 e. The fourth-order valence-electron chi connectivity index (χ4n) is 1.96. The second-order valence-electron chi connectivity index (χ2n) is 4.50. The maximum absolute atomic E-state index is 12.1. The first-order chi connectivity index (χ1) is 7.52. The van der Waals surface area contributed by atoms with Crippen molar-refractivity contribution in [3.8, 4) is 0 Å². The van der Waals surface area contributed by atoms with Gasteiger partial charge >= 0.3 is 5.97 Å². The number of nitrogens with one attached hydrogen (secondary N) is 1. The highest BCUT2D eigenvalue weighted by molar-refractivity contribution is 5.83. The minimum absolute atomic E-state index is 0.0374. The van der Waals surface area contributed by atoms with E-state index in [1.807, 2.05) is 13.8 Å². The minimum atomic E-state index is -0.953. The molecule has 1 amide bonds. The largest absolute Gasteiger partial charge is 0.480 e. The van der Waals surface area contributed by atoms with Crippen molar-refractivity contribution in [1.82, 2.24) is 10.2 Å². The molecule has 92 valence electrons. The Hall–Kier alpha value is -1.10. The number of hydrogen-bond acceptors (Lipinski definition) is 3. The zero-order chi connectivity index (χ0) is 12.1. The highest BCUT2D eigenvalue weighted by Crippen LogP contribution is 2.15. The molecule has 1 saturated heterocycles. The molecule has 0 aromatic rings. The predicted molar refractivity (Wildman–Crippen MR) is 60.1 cm³/mol. The van der Waals surface area contributed by atoms with Gasteiger partial charge in [-0.15, -0.1) is 0 Å². The van der Waals surface area contributed by atoms with Crippen molar-refractivity contribution < 1.29 is 14.7 Å². The first-order valence-corrected chi connectivity index (χ1v) is 5.75. The Morgan fingerprint density at radius 1 is 1.50 bits per heavy atom. The molecule has 5 nitrogen and oxygen atoms in total. The number of carboxylic acids is 1. The third-order valence-electron chi connectivity index (χ3n) is 2.86. The number of hydrogen-bond donors (Lipinski definition) is 2. The van der Waals surface area contributed by atoms with Gasteiger partial charge in [0.2, 0.25) is 5.91 Å². The molecule has 1 heterocycles. The van der Waals surface area contributed by atoms with Gasteiger partial charge in [0.1, 0.15) is 6.54 Å². The van der Waals surface area contributed by atoms with Crippen LogP contribution in [0.1, 0.15) is 26.7 Å². The van der Waals surface area contributed by atoms with E-state index in [2.05, 4.69) is 5.32 Å². The Morgan fingerprint density at radius 2 is 2.19 bits per heavy atom. The number of nitrogens with zero attached hydrogens (tertiary/aromatic N) is 1. The molecule has 0 bridgehead atoms. The van der Waals surface area contributed by atoms with E-state index in [1.165, 1.54) is 4.90 Å². The molecule has 5 heteroatoms. The topological polar surface area (TPSA) is 69.6 Å². The van der Waals surface area contributed by atoms with Crippen molar-refractivity contribution in [2.24, 2.45) is 5.92 Å². The Kier molecular flexibility index (Phi) is 4.73. The van der Waals surface area contributed by atoms with Crippen LogP contribution in [0.25, 0.3) is 0 Å². The van der Waals surface area contributed by atoms with Gasteiger partial charge in [0.05, 0.1) is 5.92 Å². The van der Waals surface area contributed by atoms with Crippen molar-refractivity contribution in [3.63, 3.8) is 0 Å². The second kappa shape index (κ2) is 5.84. The van der Waals surface area contributed by atoms with E-state index in [1.54, 1.807) is 0 Å². The SMILES string of the molecule is CC(C)N(CC(=O)O)C(=O)C1CCCNC1. The lowest BCUT2D eigenvalue weighted by Crippen LogP contribution is -2.47. The number of piperidine rings is 1. The van der Waals surface area contributed by atoms with Gasteiger partial charge in [-0.05, 0) is 33.2 Å². The van der Waals surface area contributed by atoms with Crippen LogP contribution < -0.4 is 5.32 Å². The zero-order valence-corrected chi connectivity index (χ0v) is 9.90. The smallest absolute Gasteiger partial charge is 0.323 e. The lowest BCUT2D eigenvalue weighted by Gasteiger charge is -2.31. The third kappa shape index (κ3) is 3.48. The second-order valence-corrected chi connectivity index (χ2v) is 4.50. The molecule has 0 radical (unpaired) electrons. The molecule has 0 spiro atoms. The Bertz CT molecular complexity index is 260. The summed E-state index contributed by atoms with van der Waals surface area (Å²) in [5.74, 6) is -1.05. The van der Waals surface area contributed by atoms with Crippen molar-refractivity contribution in [1.29, 1.82) is 0 Å². The third-order valence-corrected chi connectivity index (χ3v) is 2.86. The molecule has 1 rings (SSSR count). The Labute approximate surface area is 95.8 Å². The summed E-state index contributed by atoms with van der Waals surface area (Å²) in [6, 6.07) is -0.0643. The number of rotatable bonds is 4. The van der Waals surface area contributed by atoms with Crippen LogP contribution in [0.3, 0.4) is 0 Å². The van der Waals surface area contributed by atoms with Crippen molar-refractivity contribution in [2.75, 3.05) is 19.6 Å². The van der Waals surface area contributed by atoms with Crippen molar-refractivity contribution >= 4 is 11.9 Å². The first kappa shape index (κ1) is 13.0. The normalized spacial score (nSPS) is 20.8. The van der Waals surface area contributed by atoms with E-state index in [9.17, 15) is 9.59 Å². The number of carbonyl (C=O) groups is 2. The van der Waals surface area contributed by atoms with Gasteiger partial charge in [-0.2, -0.15) is 0 Å². The summed E-state index contributed by atoms with van der Waals surface area (Å²) in [7, 11) is 0. The van der Waals surface area contributed by atoms with Gasteiger partial charge in [-0.3, -0.25) is 9.59 Å². The number of amides is 1. The summed E-state index contributed by atoms with van der Waals surface area (Å²) in [5, 5.41) is 11.9. The van der Waals surface area contributed by atoms with Gasteiger partial charge in [0, 0.05) is 12.6 Å². The quantitative estimate of drug-likeness (QED) is 0.726. The molecule has 2 N–H and O–H groups in total. The van der Waals surface area contributed by atoms with E-state index < -0.39 is 5.97 Å². The molecule has 1 atom stereocenters. The summed E-state index contributed by atoms with van der Waals surface area (Å²) in [4.78, 5) is 24.2. The van der Waals surface area contributed by atoms with Crippen LogP contribution >= 0.6 is 0 Å². The standard InChI is InChI=1S/C11H20N2O3/c1-8(2)13(7-10(14)15)11(16)9-4-3-5-12-6-9/h8-9,12H,3-7H2,1-2H3,(H,14,15). The fourth-order valence-corrected chi connectivity index (χ4v) is 1.96. The number of carbonyl (C=O) groups excluding carboxylic acids is 1. The Balaban J connectivity index is 2.61. The predicted octanol–water partition coefficient (Wildman–Crippen LogP) is 0.308. The molecule has 1 aliphatic rings. The van der Waals surface area contributed by atoms with Crippen LogP contribution in [0.15, 0.2) is 0 Å². The molecule has 0 aromatic heterocycles. The van der Waals surface area contributed by atoms with Gasteiger partial charge in [-0.25, -0.2) is 0 Å². The lowest BCUT2D eigenvalue weighted by molar-refractivity contribution is -0.148. The average Bonchev–Trinajstić information content (AvgIpc) is 2.25. The molecule has 0 aromatic carbocycles. The van der Waals surface area contributed by atoms with Crippen LogP contribution in [0.2, 0.25) is 0 Å². The molecule has 0 aliphatic carbocycles. The molecule has 0 saturated carbocycles. The van der Waals surface area contributed by atoms with Gasteiger partial charge in [0.25, 0.3) is 0 Å². The minimum Gasteiger partial charge on any atom is -0.480 e. The van der Waals surface area contributed by atoms with Gasteiger partial charge < -0.3 is 15.3 Å². The highest BCUT2D eigenvalue weighted by atomic mass is 16.4. The van der Waals surface area contributed by atoms with Crippen LogP contribution in [-0.4, -0.2) is 47.6 Å². The lowest BCUT2D eigenvalue weighted by atomic mass is 9.97. The molecule has 1 unspecified atom stereocenters. The van der Waals surface area contributed by atoms with Crippen LogP contribution in [0.4, 0.5) is 0 Å². The summed E-state index contributed by atoms with van der Waals surface area (Å²) >= 11 is 0. The summed E-state index contributed by atoms with van der Waals surface area (Å²) in [6.45, 7) is 5.10. The highest BCUT2D eigenvalue weighted by Gasteiger charge is 2.28. The van der Waals surface area contributed by atoms with E-state index in [-0.39, 0.29) is 24.4 Å². The average molecular weight is 228 g/mol. The first-order valence-electron chi connectivity index (χ1n) is 5.75. The molecule has 16 heavy (non-hydrogen) atoms. The van der Waals surface area contributed by atoms with Gasteiger partial charge in [0.15, 0.2) is 0 Å². The monoisotopic (exact) mass is 228 g/mol. The molecule has 1 fully saturated rings. The fraction of sp³-hybridized carbons (Fsp3) is 0.818. The molecular formula is C11H20N2O3. The Morgan fingerprint density at radius 3 is 2.62 bits per heavy atom. The van der Waals surface area contributed by atoms with Crippen molar-refractivity contribution in [3.05, 3.63) is 0 Å². The van der Waals surface area contributed by atoms with E-state index in [0.717, 1.165) is 19.4 Å². The van der Waals surface area contributed by atoms with Crippen molar-refractivity contribution in [2.45, 2.75) is 32.7 Å². The summed E-state index contributed by atoms with van der Waals surface area (Å²) < 4.78 is 0. The van der Waals surface area contributed by atoms with E-state index in [4.69, 9.17) is 5.11 Å². The van der Waals surface area contributed by atoms with Crippen LogP contribution in [-0.2, 0) is 9.59 Å². The summed E-state index contributed by atoms with van der Waals surface area (Å²) in [5.41, 5.74) is 0. The summed E-state index contributed by atoms with van der Waals surface area (Å²) in [6.07, 6.45) is 1.84. The van der Waals surface area contributed by atoms with Gasteiger partial charge in [-0.1, -0.05) is 0 Å².